The van der Waals surface area contributed by atoms with Gasteiger partial charge in [-0.25, -0.2) is 8.42 Å². The smallest absolute Gasteiger partial charge is 0.261 e. The lowest BCUT2D eigenvalue weighted by atomic mass is 10.2. The molecule has 0 unspecified atom stereocenters. The predicted octanol–water partition coefficient (Wildman–Crippen LogP) is 2.37. The first-order valence-electron chi connectivity index (χ1n) is 7.27. The van der Waals surface area contributed by atoms with Gasteiger partial charge in [0, 0.05) is 24.0 Å². The van der Waals surface area contributed by atoms with Crippen molar-refractivity contribution in [2.75, 3.05) is 13.1 Å². The van der Waals surface area contributed by atoms with Crippen molar-refractivity contribution in [3.8, 4) is 0 Å². The minimum Gasteiger partial charge on any atom is -0.349 e. The number of rotatable bonds is 5. The van der Waals surface area contributed by atoms with E-state index in [0.717, 1.165) is 19.3 Å². The molecule has 0 bridgehead atoms. The van der Waals surface area contributed by atoms with E-state index < -0.39 is 10.0 Å². The molecule has 1 fully saturated rings. The lowest BCUT2D eigenvalue weighted by Gasteiger charge is -2.14. The molecule has 21 heavy (non-hydrogen) atoms. The Bertz CT molecular complexity index is 616. The molecule has 1 atom stereocenters. The second-order valence-electron chi connectivity index (χ2n) is 5.43. The van der Waals surface area contributed by atoms with Crippen molar-refractivity contribution in [2.24, 2.45) is 0 Å². The molecule has 1 aliphatic rings. The Labute approximate surface area is 130 Å². The maximum atomic E-state index is 12.6. The highest BCUT2D eigenvalue weighted by atomic mass is 32.2. The average Bonchev–Trinajstić information content (AvgIpc) is 3.07. The lowest BCUT2D eigenvalue weighted by Crippen LogP contribution is -2.31. The number of hydrogen-bond acceptors (Lipinski definition) is 4. The highest BCUT2D eigenvalue weighted by Gasteiger charge is 2.30. The third kappa shape index (κ3) is 3.46. The van der Waals surface area contributed by atoms with Gasteiger partial charge in [0.1, 0.15) is 0 Å². The van der Waals surface area contributed by atoms with Gasteiger partial charge in [-0.2, -0.15) is 4.31 Å². The molecule has 118 valence electrons. The summed E-state index contributed by atoms with van der Waals surface area (Å²) in [6, 6.07) is 1.60. The maximum absolute atomic E-state index is 12.6. The minimum atomic E-state index is -3.45. The third-order valence-electron chi connectivity index (χ3n) is 3.77. The van der Waals surface area contributed by atoms with Crippen LogP contribution in [0.1, 0.15) is 47.7 Å². The molecule has 0 aromatic carbocycles. The zero-order valence-corrected chi connectivity index (χ0v) is 14.3. The van der Waals surface area contributed by atoms with E-state index in [1.165, 1.54) is 21.7 Å². The first kappa shape index (κ1) is 16.5. The van der Waals surface area contributed by atoms with Gasteiger partial charge in [-0.3, -0.25) is 4.79 Å². The monoisotopic (exact) mass is 330 g/mol. The van der Waals surface area contributed by atoms with Crippen LogP contribution in [-0.4, -0.2) is 37.8 Å². The topological polar surface area (TPSA) is 66.5 Å². The molecular weight excluding hydrogens is 308 g/mol. The molecule has 0 radical (unpaired) electrons. The summed E-state index contributed by atoms with van der Waals surface area (Å²) < 4.78 is 26.7. The average molecular weight is 330 g/mol. The number of amides is 1. The first-order valence-corrected chi connectivity index (χ1v) is 9.53. The Morgan fingerprint density at radius 1 is 1.43 bits per heavy atom. The zero-order valence-electron chi connectivity index (χ0n) is 12.7. The van der Waals surface area contributed by atoms with E-state index in [-0.39, 0.29) is 16.8 Å². The standard InChI is InChI=1S/C14H22N2O3S2/c1-4-10(2)15-14(17)12-9-13(11(3)20-12)21(18,19)16-7-5-6-8-16/h9-10H,4-8H2,1-3H3,(H,15,17)/t10-/m0/s1. The number of carbonyl (C=O) groups excluding carboxylic acids is 1. The van der Waals surface area contributed by atoms with Gasteiger partial charge in [-0.05, 0) is 39.2 Å². The Hall–Kier alpha value is -0.920. The van der Waals surface area contributed by atoms with Gasteiger partial charge < -0.3 is 5.32 Å². The van der Waals surface area contributed by atoms with E-state index >= 15 is 0 Å². The molecule has 0 aliphatic carbocycles. The Balaban J connectivity index is 2.25. The van der Waals surface area contributed by atoms with Crippen LogP contribution in [0.2, 0.25) is 0 Å². The highest BCUT2D eigenvalue weighted by Crippen LogP contribution is 2.30. The minimum absolute atomic E-state index is 0.0820. The number of thiophene rings is 1. The molecule has 2 rings (SSSR count). The molecule has 1 aromatic rings. The molecule has 5 nitrogen and oxygen atoms in total. The number of sulfonamides is 1. The number of nitrogens with one attached hydrogen (secondary N) is 1. The Morgan fingerprint density at radius 3 is 2.62 bits per heavy atom. The zero-order chi connectivity index (χ0) is 15.6. The van der Waals surface area contributed by atoms with E-state index in [1.807, 2.05) is 13.8 Å². The number of hydrogen-bond donors (Lipinski definition) is 1. The van der Waals surface area contributed by atoms with E-state index in [0.29, 0.717) is 22.8 Å². The quantitative estimate of drug-likeness (QED) is 0.901. The van der Waals surface area contributed by atoms with Crippen LogP contribution in [0.4, 0.5) is 0 Å². The Morgan fingerprint density at radius 2 is 2.05 bits per heavy atom. The second kappa shape index (κ2) is 6.46. The molecule has 1 aliphatic heterocycles. The molecule has 0 saturated carbocycles. The molecule has 1 saturated heterocycles. The molecule has 2 heterocycles. The lowest BCUT2D eigenvalue weighted by molar-refractivity contribution is 0.0943. The number of aryl methyl sites for hydroxylation is 1. The van der Waals surface area contributed by atoms with Gasteiger partial charge in [-0.15, -0.1) is 11.3 Å². The van der Waals surface area contributed by atoms with Crippen molar-refractivity contribution in [2.45, 2.75) is 51.0 Å². The van der Waals surface area contributed by atoms with Gasteiger partial charge in [0.15, 0.2) is 0 Å². The van der Waals surface area contributed by atoms with Crippen LogP contribution in [0.3, 0.4) is 0 Å². The maximum Gasteiger partial charge on any atom is 0.261 e. The summed E-state index contributed by atoms with van der Waals surface area (Å²) in [4.78, 5) is 13.5. The predicted molar refractivity (Wildman–Crippen MR) is 84.3 cm³/mol. The second-order valence-corrected chi connectivity index (χ2v) is 8.59. The van der Waals surface area contributed by atoms with Crippen LogP contribution < -0.4 is 5.32 Å². The van der Waals surface area contributed by atoms with E-state index in [4.69, 9.17) is 0 Å². The Kier molecular flexibility index (Phi) is 5.06. The van der Waals surface area contributed by atoms with Crippen LogP contribution in [0, 0.1) is 6.92 Å². The van der Waals surface area contributed by atoms with Crippen LogP contribution in [-0.2, 0) is 10.0 Å². The summed E-state index contributed by atoms with van der Waals surface area (Å²) in [5.41, 5.74) is 0. The van der Waals surface area contributed by atoms with Crippen molar-refractivity contribution < 1.29 is 13.2 Å². The van der Waals surface area contributed by atoms with Gasteiger partial charge in [0.25, 0.3) is 5.91 Å². The first-order chi connectivity index (χ1) is 9.86. The number of nitrogens with zero attached hydrogens (tertiary/aromatic N) is 1. The van der Waals surface area contributed by atoms with Crippen LogP contribution in [0.25, 0.3) is 0 Å². The van der Waals surface area contributed by atoms with Crippen LogP contribution in [0.15, 0.2) is 11.0 Å². The highest BCUT2D eigenvalue weighted by molar-refractivity contribution is 7.89. The summed E-state index contributed by atoms with van der Waals surface area (Å²) in [6.07, 6.45) is 2.66. The van der Waals surface area contributed by atoms with Crippen molar-refractivity contribution >= 4 is 27.3 Å². The molecule has 1 aromatic heterocycles. The van der Waals surface area contributed by atoms with Crippen molar-refractivity contribution in [3.05, 3.63) is 15.8 Å². The molecule has 1 amide bonds. The van der Waals surface area contributed by atoms with E-state index in [9.17, 15) is 13.2 Å². The van der Waals surface area contributed by atoms with Gasteiger partial charge in [-0.1, -0.05) is 6.92 Å². The summed E-state index contributed by atoms with van der Waals surface area (Å²) >= 11 is 1.24. The van der Waals surface area contributed by atoms with Crippen molar-refractivity contribution in [1.29, 1.82) is 0 Å². The summed E-state index contributed by atoms with van der Waals surface area (Å²) in [5, 5.41) is 2.87. The fraction of sp³-hybridized carbons (Fsp3) is 0.643. The largest absolute Gasteiger partial charge is 0.349 e. The number of carbonyl (C=O) groups is 1. The van der Waals surface area contributed by atoms with Crippen molar-refractivity contribution in [1.82, 2.24) is 9.62 Å². The SMILES string of the molecule is CC[C@H](C)NC(=O)c1cc(S(=O)(=O)N2CCCC2)c(C)s1. The third-order valence-corrected chi connectivity index (χ3v) is 6.97. The summed E-state index contributed by atoms with van der Waals surface area (Å²) in [5.74, 6) is -0.194. The summed E-state index contributed by atoms with van der Waals surface area (Å²) in [6.45, 7) is 6.83. The van der Waals surface area contributed by atoms with Crippen molar-refractivity contribution in [3.63, 3.8) is 0 Å². The van der Waals surface area contributed by atoms with Gasteiger partial charge >= 0.3 is 0 Å². The molecular formula is C14H22N2O3S2. The van der Waals surface area contributed by atoms with Crippen LogP contribution in [0.5, 0.6) is 0 Å². The van der Waals surface area contributed by atoms with Gasteiger partial charge in [0.05, 0.1) is 9.77 Å². The summed E-state index contributed by atoms with van der Waals surface area (Å²) in [7, 11) is -3.45. The van der Waals surface area contributed by atoms with E-state index in [2.05, 4.69) is 5.32 Å². The molecule has 0 spiro atoms. The molecule has 1 N–H and O–H groups in total. The van der Waals surface area contributed by atoms with E-state index in [1.54, 1.807) is 6.92 Å². The van der Waals surface area contributed by atoms with Gasteiger partial charge in [0.2, 0.25) is 10.0 Å². The fourth-order valence-corrected chi connectivity index (χ4v) is 5.28. The van der Waals surface area contributed by atoms with Crippen LogP contribution >= 0.6 is 11.3 Å². The molecule has 7 heteroatoms. The fourth-order valence-electron chi connectivity index (χ4n) is 2.30. The normalized spacial score (nSPS) is 17.9.